The summed E-state index contributed by atoms with van der Waals surface area (Å²) in [5.41, 5.74) is 0.146. The molecule has 0 saturated carbocycles. The van der Waals surface area contributed by atoms with E-state index in [4.69, 9.17) is 0 Å². The first-order valence-electron chi connectivity index (χ1n) is 9.12. The Kier molecular flexibility index (Phi) is 5.56. The zero-order valence-electron chi connectivity index (χ0n) is 15.8. The Morgan fingerprint density at radius 3 is 2.26 bits per heavy atom. The van der Waals surface area contributed by atoms with Gasteiger partial charge in [0.1, 0.15) is 10.8 Å². The molecule has 1 aromatic heterocycles. The molecule has 0 atom stereocenters. The zero-order chi connectivity index (χ0) is 22.0. The van der Waals surface area contributed by atoms with Crippen molar-refractivity contribution < 1.29 is 22.4 Å². The van der Waals surface area contributed by atoms with E-state index in [1.807, 2.05) is 0 Å². The van der Waals surface area contributed by atoms with Crippen molar-refractivity contribution in [3.63, 3.8) is 0 Å². The average molecular weight is 442 g/mol. The van der Waals surface area contributed by atoms with Crippen LogP contribution in [-0.2, 0) is 6.18 Å². The van der Waals surface area contributed by atoms with E-state index in [1.165, 1.54) is 29.5 Å². The number of halogens is 4. The number of hydrogen-bond acceptors (Lipinski definition) is 3. The Bertz CT molecular complexity index is 1250. The fourth-order valence-electron chi connectivity index (χ4n) is 3.09. The molecule has 0 aliphatic heterocycles. The summed E-state index contributed by atoms with van der Waals surface area (Å²) in [5.74, 6) is -1.29. The van der Waals surface area contributed by atoms with Gasteiger partial charge in [-0.1, -0.05) is 42.5 Å². The Labute approximate surface area is 179 Å². The number of thiazole rings is 1. The van der Waals surface area contributed by atoms with Crippen LogP contribution in [0.25, 0.3) is 21.8 Å². The van der Waals surface area contributed by atoms with Crippen molar-refractivity contribution in [2.24, 2.45) is 0 Å². The van der Waals surface area contributed by atoms with Gasteiger partial charge < -0.3 is 5.32 Å². The van der Waals surface area contributed by atoms with Crippen LogP contribution in [0.15, 0.2) is 78.2 Å². The molecule has 1 amide bonds. The monoisotopic (exact) mass is 442 g/mol. The minimum absolute atomic E-state index is 0.301. The molecule has 0 spiro atoms. The summed E-state index contributed by atoms with van der Waals surface area (Å²) in [7, 11) is 0. The van der Waals surface area contributed by atoms with Crippen molar-refractivity contribution in [2.45, 2.75) is 6.18 Å². The average Bonchev–Trinajstić information content (AvgIpc) is 3.23. The number of nitrogens with zero attached hydrogens (tertiary/aromatic N) is 1. The summed E-state index contributed by atoms with van der Waals surface area (Å²) in [5, 5.41) is 4.71. The van der Waals surface area contributed by atoms with E-state index in [0.717, 1.165) is 12.1 Å². The number of benzene rings is 3. The highest BCUT2D eigenvalue weighted by atomic mass is 32.1. The number of hydrogen-bond donors (Lipinski definition) is 1. The minimum atomic E-state index is -4.66. The fourth-order valence-corrected chi connectivity index (χ4v) is 3.94. The molecule has 1 N–H and O–H groups in total. The molecule has 0 bridgehead atoms. The maximum absolute atomic E-state index is 14.1. The van der Waals surface area contributed by atoms with Gasteiger partial charge in [-0.05, 0) is 30.3 Å². The largest absolute Gasteiger partial charge is 0.417 e. The maximum atomic E-state index is 14.1. The molecule has 4 rings (SSSR count). The highest BCUT2D eigenvalue weighted by Crippen LogP contribution is 2.35. The number of amides is 1. The predicted octanol–water partition coefficient (Wildman–Crippen LogP) is 6.89. The summed E-state index contributed by atoms with van der Waals surface area (Å²) in [6.45, 7) is 0. The molecule has 0 aliphatic rings. The van der Waals surface area contributed by atoms with Crippen LogP contribution in [-0.4, -0.2) is 10.9 Å². The van der Waals surface area contributed by atoms with Crippen LogP contribution in [0.2, 0.25) is 0 Å². The Hall–Kier alpha value is -3.52. The van der Waals surface area contributed by atoms with E-state index in [0.29, 0.717) is 27.5 Å². The number of nitrogens with one attached hydrogen (secondary N) is 1. The van der Waals surface area contributed by atoms with Crippen LogP contribution in [0.1, 0.15) is 15.9 Å². The van der Waals surface area contributed by atoms with Gasteiger partial charge in [-0.3, -0.25) is 4.79 Å². The SMILES string of the molecule is O=C(Nc1ccccc1-c1csc(-c2ccccc2F)n1)c1ccccc1C(F)(F)F. The Morgan fingerprint density at radius 2 is 1.52 bits per heavy atom. The third kappa shape index (κ3) is 4.34. The number of alkyl halides is 3. The van der Waals surface area contributed by atoms with E-state index in [9.17, 15) is 22.4 Å². The highest BCUT2D eigenvalue weighted by Gasteiger charge is 2.35. The van der Waals surface area contributed by atoms with Crippen molar-refractivity contribution in [2.75, 3.05) is 5.32 Å². The van der Waals surface area contributed by atoms with Gasteiger partial charge in [0.15, 0.2) is 0 Å². The van der Waals surface area contributed by atoms with Crippen molar-refractivity contribution in [3.8, 4) is 21.8 Å². The second-order valence-corrected chi connectivity index (χ2v) is 7.42. The van der Waals surface area contributed by atoms with Gasteiger partial charge in [-0.25, -0.2) is 9.37 Å². The lowest BCUT2D eigenvalue weighted by Crippen LogP contribution is -2.19. The molecule has 0 unspecified atom stereocenters. The quantitative estimate of drug-likeness (QED) is 0.350. The van der Waals surface area contributed by atoms with Gasteiger partial charge in [0.2, 0.25) is 0 Å². The predicted molar refractivity (Wildman–Crippen MR) is 112 cm³/mol. The molecular weight excluding hydrogens is 428 g/mol. The number of rotatable bonds is 4. The first kappa shape index (κ1) is 20.7. The first-order valence-corrected chi connectivity index (χ1v) is 10.00. The molecule has 8 heteroatoms. The Balaban J connectivity index is 1.67. The van der Waals surface area contributed by atoms with Crippen LogP contribution in [0.3, 0.4) is 0 Å². The third-order valence-corrected chi connectivity index (χ3v) is 5.41. The molecule has 4 aromatic rings. The van der Waals surface area contributed by atoms with Crippen LogP contribution in [0.4, 0.5) is 23.2 Å². The van der Waals surface area contributed by atoms with Crippen molar-refractivity contribution in [3.05, 3.63) is 95.1 Å². The zero-order valence-corrected chi connectivity index (χ0v) is 16.6. The number of aromatic nitrogens is 1. The standard InChI is InChI=1S/C23H14F4N2OS/c24-18-11-5-2-8-15(18)22-29-20(13-31-22)16-9-3-6-12-19(16)28-21(30)14-7-1-4-10-17(14)23(25,26)27/h1-13H,(H,28,30). The lowest BCUT2D eigenvalue weighted by Gasteiger charge is -2.14. The lowest BCUT2D eigenvalue weighted by molar-refractivity contribution is -0.137. The number of carbonyl (C=O) groups is 1. The van der Waals surface area contributed by atoms with Crippen LogP contribution >= 0.6 is 11.3 Å². The summed E-state index contributed by atoms with van der Waals surface area (Å²) >= 11 is 1.23. The lowest BCUT2D eigenvalue weighted by atomic mass is 10.1. The second kappa shape index (κ2) is 8.31. The summed E-state index contributed by atoms with van der Waals surface area (Å²) in [4.78, 5) is 17.1. The van der Waals surface area contributed by atoms with Gasteiger partial charge in [-0.15, -0.1) is 11.3 Å². The fraction of sp³-hybridized carbons (Fsp3) is 0.0435. The molecule has 0 aliphatic carbocycles. The number of para-hydroxylation sites is 1. The number of anilines is 1. The van der Waals surface area contributed by atoms with Crippen LogP contribution < -0.4 is 5.32 Å². The van der Waals surface area contributed by atoms with Crippen LogP contribution in [0, 0.1) is 5.82 Å². The summed E-state index contributed by atoms with van der Waals surface area (Å²) < 4.78 is 53.9. The molecule has 0 saturated heterocycles. The van der Waals surface area contributed by atoms with Gasteiger partial charge in [0.25, 0.3) is 5.91 Å². The molecule has 0 radical (unpaired) electrons. The highest BCUT2D eigenvalue weighted by molar-refractivity contribution is 7.13. The third-order valence-electron chi connectivity index (χ3n) is 4.54. The number of carbonyl (C=O) groups excluding carboxylic acids is 1. The Morgan fingerprint density at radius 1 is 0.871 bits per heavy atom. The normalized spacial score (nSPS) is 11.4. The molecule has 3 nitrogen and oxygen atoms in total. The molecule has 31 heavy (non-hydrogen) atoms. The molecule has 1 heterocycles. The van der Waals surface area contributed by atoms with E-state index in [1.54, 1.807) is 47.8 Å². The van der Waals surface area contributed by atoms with E-state index >= 15 is 0 Å². The first-order chi connectivity index (χ1) is 14.8. The molecule has 0 fully saturated rings. The summed E-state index contributed by atoms with van der Waals surface area (Å²) in [6, 6.07) is 17.4. The van der Waals surface area contributed by atoms with Crippen molar-refractivity contribution in [1.29, 1.82) is 0 Å². The molecule has 156 valence electrons. The van der Waals surface area contributed by atoms with Gasteiger partial charge in [0, 0.05) is 16.5 Å². The topological polar surface area (TPSA) is 42.0 Å². The van der Waals surface area contributed by atoms with E-state index in [-0.39, 0.29) is 0 Å². The second-order valence-electron chi connectivity index (χ2n) is 6.56. The molecular formula is C23H14F4N2OS. The van der Waals surface area contributed by atoms with Gasteiger partial charge >= 0.3 is 6.18 Å². The van der Waals surface area contributed by atoms with Crippen molar-refractivity contribution >= 4 is 22.9 Å². The van der Waals surface area contributed by atoms with Gasteiger partial charge in [-0.2, -0.15) is 13.2 Å². The van der Waals surface area contributed by atoms with Gasteiger partial charge in [0.05, 0.1) is 22.5 Å². The maximum Gasteiger partial charge on any atom is 0.417 e. The van der Waals surface area contributed by atoms with Crippen molar-refractivity contribution in [1.82, 2.24) is 4.98 Å². The van der Waals surface area contributed by atoms with E-state index in [2.05, 4.69) is 10.3 Å². The minimum Gasteiger partial charge on any atom is -0.321 e. The van der Waals surface area contributed by atoms with E-state index < -0.39 is 29.0 Å². The van der Waals surface area contributed by atoms with Crippen LogP contribution in [0.5, 0.6) is 0 Å². The summed E-state index contributed by atoms with van der Waals surface area (Å²) in [6.07, 6.45) is -4.66. The smallest absolute Gasteiger partial charge is 0.321 e. The molecule has 3 aromatic carbocycles.